The minimum Gasteiger partial charge on any atom is -0.494 e. The molecule has 1 fully saturated rings. The van der Waals surface area contributed by atoms with Gasteiger partial charge in [0.2, 0.25) is 0 Å². The summed E-state index contributed by atoms with van der Waals surface area (Å²) >= 11 is 0. The molecule has 0 saturated carbocycles. The highest BCUT2D eigenvalue weighted by atomic mass is 19.4. The first kappa shape index (κ1) is 29.3. The maximum absolute atomic E-state index is 13.7. The predicted molar refractivity (Wildman–Crippen MR) is 153 cm³/mol. The van der Waals surface area contributed by atoms with Crippen molar-refractivity contribution in [3.8, 4) is 17.3 Å². The number of hydrogen-bond donors (Lipinski definition) is 1. The van der Waals surface area contributed by atoms with Gasteiger partial charge in [-0.05, 0) is 57.9 Å². The summed E-state index contributed by atoms with van der Waals surface area (Å²) in [7, 11) is 3.16. The highest BCUT2D eigenvalue weighted by molar-refractivity contribution is 6.00. The minimum atomic E-state index is -4.45. The molecule has 1 aliphatic rings. The van der Waals surface area contributed by atoms with E-state index in [2.05, 4.69) is 0 Å². The van der Waals surface area contributed by atoms with Crippen molar-refractivity contribution < 1.29 is 32.6 Å². The van der Waals surface area contributed by atoms with Crippen molar-refractivity contribution >= 4 is 33.9 Å². The predicted octanol–water partition coefficient (Wildman–Crippen LogP) is 6.15. The van der Waals surface area contributed by atoms with E-state index in [1.807, 2.05) is 20.8 Å². The number of piperidine rings is 1. The second kappa shape index (κ2) is 10.6. The quantitative estimate of drug-likeness (QED) is 0.303. The number of aryl methyl sites for hydroxylation is 1. The van der Waals surface area contributed by atoms with Gasteiger partial charge in [0.05, 0.1) is 24.4 Å². The molecule has 1 atom stereocenters. The van der Waals surface area contributed by atoms with Gasteiger partial charge in [0.15, 0.2) is 5.82 Å². The zero-order valence-electron chi connectivity index (χ0n) is 24.2. The van der Waals surface area contributed by atoms with Crippen molar-refractivity contribution in [3.63, 3.8) is 0 Å². The van der Waals surface area contributed by atoms with Gasteiger partial charge >= 0.3 is 12.3 Å². The number of carbonyl (C=O) groups excluding carboxylic acids is 1. The Morgan fingerprint density at radius 1 is 1.14 bits per heavy atom. The van der Waals surface area contributed by atoms with Crippen molar-refractivity contribution in [2.75, 3.05) is 20.2 Å². The largest absolute Gasteiger partial charge is 0.494 e. The molecule has 1 N–H and O–H groups in total. The molecule has 5 rings (SSSR count). The molecule has 0 radical (unpaired) electrons. The molecular weight excluding hydrogens is 551 g/mol. The molecule has 4 aromatic rings. The highest BCUT2D eigenvalue weighted by Gasteiger charge is 2.37. The van der Waals surface area contributed by atoms with E-state index >= 15 is 0 Å². The number of ether oxygens (including phenoxy) is 1. The van der Waals surface area contributed by atoms with Gasteiger partial charge in [-0.25, -0.2) is 9.78 Å². The Bertz CT molecular complexity index is 1670. The zero-order chi connectivity index (χ0) is 30.6. The van der Waals surface area contributed by atoms with E-state index in [1.54, 1.807) is 59.0 Å². The Hall–Kier alpha value is -4.22. The number of rotatable bonds is 5. The number of nitrogens with zero attached hydrogens (tertiary/aromatic N) is 5. The van der Waals surface area contributed by atoms with Crippen molar-refractivity contribution in [1.82, 2.24) is 23.9 Å². The zero-order valence-corrected chi connectivity index (χ0v) is 24.2. The number of methoxy groups -OCH3 is 1. The highest BCUT2D eigenvalue weighted by Crippen LogP contribution is 2.36. The van der Waals surface area contributed by atoms with Crippen LogP contribution in [0.5, 0.6) is 5.75 Å². The molecule has 9 nitrogen and oxygen atoms in total. The first-order chi connectivity index (χ1) is 19.7. The van der Waals surface area contributed by atoms with E-state index < -0.39 is 24.4 Å². The fourth-order valence-electron chi connectivity index (χ4n) is 6.09. The summed E-state index contributed by atoms with van der Waals surface area (Å²) in [6.45, 7) is 5.01. The van der Waals surface area contributed by atoms with Gasteiger partial charge in [0.1, 0.15) is 17.8 Å². The number of halogens is 3. The van der Waals surface area contributed by atoms with Gasteiger partial charge in [-0.3, -0.25) is 9.69 Å². The van der Waals surface area contributed by atoms with Crippen LogP contribution in [0.1, 0.15) is 44.0 Å². The SMILES string of the molecule is COc1cc(C(=O)N2CCC[C@@H](N(C(=O)O)C(C)(C)C)C2)cc2nc(-c3cc4ccccc4n3CC(F)(F)F)n(C)c12. The molecule has 0 aliphatic carbocycles. The lowest BCUT2D eigenvalue weighted by atomic mass is 9.97. The minimum absolute atomic E-state index is 0.244. The molecule has 1 aliphatic heterocycles. The number of alkyl halides is 3. The molecule has 2 amide bonds. The molecule has 1 saturated heterocycles. The monoisotopic (exact) mass is 585 g/mol. The normalized spacial score (nSPS) is 16.3. The van der Waals surface area contributed by atoms with E-state index in [-0.39, 0.29) is 24.2 Å². The Balaban J connectivity index is 1.55. The number of carbonyl (C=O) groups is 2. The Kier molecular flexibility index (Phi) is 7.36. The third kappa shape index (κ3) is 5.37. The summed E-state index contributed by atoms with van der Waals surface area (Å²) in [6.07, 6.45) is -4.19. The molecule has 3 heterocycles. The maximum atomic E-state index is 13.7. The number of fused-ring (bicyclic) bond motifs is 2. The van der Waals surface area contributed by atoms with Crippen molar-refractivity contribution in [2.45, 2.75) is 57.9 Å². The van der Waals surface area contributed by atoms with Crippen LogP contribution in [0.2, 0.25) is 0 Å². The number of likely N-dealkylation sites (tertiary alicyclic amines) is 1. The first-order valence-corrected chi connectivity index (χ1v) is 13.7. The Morgan fingerprint density at radius 2 is 1.86 bits per heavy atom. The second-order valence-corrected chi connectivity index (χ2v) is 11.7. The van der Waals surface area contributed by atoms with Gasteiger partial charge in [0.25, 0.3) is 5.91 Å². The Morgan fingerprint density at radius 3 is 2.50 bits per heavy atom. The second-order valence-electron chi connectivity index (χ2n) is 11.7. The van der Waals surface area contributed by atoms with Gasteiger partial charge in [-0.15, -0.1) is 0 Å². The number of aromatic nitrogens is 3. The molecular formula is C30H34F3N5O4. The molecule has 0 unspecified atom stereocenters. The number of amides is 2. The van der Waals surface area contributed by atoms with Gasteiger partial charge in [-0.2, -0.15) is 13.2 Å². The molecule has 0 spiro atoms. The third-order valence-electron chi connectivity index (χ3n) is 7.76. The van der Waals surface area contributed by atoms with E-state index in [0.29, 0.717) is 58.5 Å². The lowest BCUT2D eigenvalue weighted by Crippen LogP contribution is -2.57. The molecule has 42 heavy (non-hydrogen) atoms. The van der Waals surface area contributed by atoms with Crippen molar-refractivity contribution in [2.24, 2.45) is 7.05 Å². The molecule has 224 valence electrons. The van der Waals surface area contributed by atoms with Crippen molar-refractivity contribution in [3.05, 3.63) is 48.0 Å². The maximum Gasteiger partial charge on any atom is 0.408 e. The summed E-state index contributed by atoms with van der Waals surface area (Å²) < 4.78 is 49.4. The lowest BCUT2D eigenvalue weighted by molar-refractivity contribution is -0.139. The summed E-state index contributed by atoms with van der Waals surface area (Å²) in [5.41, 5.74) is 1.33. The van der Waals surface area contributed by atoms with E-state index in [0.717, 1.165) is 0 Å². The molecule has 12 heteroatoms. The summed E-state index contributed by atoms with van der Waals surface area (Å²) in [5.74, 6) is 0.359. The number of carboxylic acid groups (broad SMARTS) is 1. The van der Waals surface area contributed by atoms with E-state index in [4.69, 9.17) is 9.72 Å². The van der Waals surface area contributed by atoms with E-state index in [1.165, 1.54) is 16.6 Å². The first-order valence-electron chi connectivity index (χ1n) is 13.7. The fourth-order valence-corrected chi connectivity index (χ4v) is 6.09. The van der Waals surface area contributed by atoms with Crippen LogP contribution < -0.4 is 4.74 Å². The van der Waals surface area contributed by atoms with Gasteiger partial charge in [-0.1, -0.05) is 18.2 Å². The Labute approximate surface area is 241 Å². The summed E-state index contributed by atoms with van der Waals surface area (Å²) in [4.78, 5) is 33.5. The number of imidazole rings is 1. The van der Waals surface area contributed by atoms with Crippen molar-refractivity contribution in [1.29, 1.82) is 0 Å². The molecule has 2 aromatic carbocycles. The smallest absolute Gasteiger partial charge is 0.408 e. The van der Waals surface area contributed by atoms with Crippen LogP contribution in [0.15, 0.2) is 42.5 Å². The van der Waals surface area contributed by atoms with Crippen LogP contribution in [0.3, 0.4) is 0 Å². The topological polar surface area (TPSA) is 92.8 Å². The lowest BCUT2D eigenvalue weighted by Gasteiger charge is -2.44. The number of benzene rings is 2. The third-order valence-corrected chi connectivity index (χ3v) is 7.76. The van der Waals surface area contributed by atoms with Gasteiger partial charge in [0, 0.05) is 42.1 Å². The molecule has 2 aromatic heterocycles. The standard InChI is InChI=1S/C30H34F3N5O4/c1-29(2,3)38(28(40)41)20-10-8-12-36(16-20)27(39)19-13-21-25(24(15-19)42-5)35(4)26(34-21)23-14-18-9-6-7-11-22(18)37(23)17-30(31,32)33/h6-7,9,11,13-15,20H,8,10,12,16-17H2,1-5H3,(H,40,41)/t20-/m1/s1. The average molecular weight is 586 g/mol. The number of hydrogen-bond acceptors (Lipinski definition) is 4. The van der Waals surface area contributed by atoms with Crippen LogP contribution in [-0.2, 0) is 13.6 Å². The van der Waals surface area contributed by atoms with Crippen LogP contribution in [-0.4, -0.2) is 79.0 Å². The van der Waals surface area contributed by atoms with Crippen LogP contribution in [0.4, 0.5) is 18.0 Å². The van der Waals surface area contributed by atoms with Crippen LogP contribution in [0.25, 0.3) is 33.5 Å². The van der Waals surface area contributed by atoms with E-state index in [9.17, 15) is 27.9 Å². The van der Waals surface area contributed by atoms with Crippen LogP contribution in [0, 0.1) is 0 Å². The number of para-hydroxylation sites is 1. The van der Waals surface area contributed by atoms with Crippen LogP contribution >= 0.6 is 0 Å². The molecule has 0 bridgehead atoms. The average Bonchev–Trinajstić information content (AvgIpc) is 3.43. The van der Waals surface area contributed by atoms with Gasteiger partial charge < -0.3 is 23.9 Å². The fraction of sp³-hybridized carbons (Fsp3) is 0.433. The summed E-state index contributed by atoms with van der Waals surface area (Å²) in [5, 5.41) is 10.5. The summed E-state index contributed by atoms with van der Waals surface area (Å²) in [6, 6.07) is 11.4.